The molecule has 106 valence electrons. The molecule has 2 aromatic rings. The van der Waals surface area contributed by atoms with Crippen LogP contribution in [0.25, 0.3) is 11.0 Å². The smallest absolute Gasteiger partial charge is 0.254 e. The lowest BCUT2D eigenvalue weighted by Crippen LogP contribution is -2.39. The van der Waals surface area contributed by atoms with Crippen LogP contribution in [-0.4, -0.2) is 33.4 Å². The van der Waals surface area contributed by atoms with Gasteiger partial charge in [-0.1, -0.05) is 13.8 Å². The number of rotatable bonds is 4. The summed E-state index contributed by atoms with van der Waals surface area (Å²) in [5.74, 6) is 0.503. The zero-order chi connectivity index (χ0) is 14.7. The molecule has 1 heterocycles. The van der Waals surface area contributed by atoms with Gasteiger partial charge in [-0.05, 0) is 38.0 Å². The van der Waals surface area contributed by atoms with Crippen LogP contribution in [0.4, 0.5) is 0 Å². The van der Waals surface area contributed by atoms with Gasteiger partial charge in [0.25, 0.3) is 5.91 Å². The van der Waals surface area contributed by atoms with Crippen LogP contribution in [0.5, 0.6) is 0 Å². The average molecular weight is 271 g/mol. The van der Waals surface area contributed by atoms with Crippen LogP contribution in [0.15, 0.2) is 30.6 Å². The Morgan fingerprint density at radius 3 is 2.35 bits per heavy atom. The van der Waals surface area contributed by atoms with Crippen LogP contribution in [0.1, 0.15) is 38.1 Å². The van der Waals surface area contributed by atoms with E-state index in [1.165, 1.54) is 0 Å². The molecule has 0 atom stereocenters. The van der Waals surface area contributed by atoms with Gasteiger partial charge in [-0.3, -0.25) is 14.8 Å². The first-order chi connectivity index (χ1) is 9.49. The summed E-state index contributed by atoms with van der Waals surface area (Å²) in [5.41, 5.74) is 2.24. The average Bonchev–Trinajstić information content (AvgIpc) is 2.43. The first-order valence-electron chi connectivity index (χ1n) is 7.00. The summed E-state index contributed by atoms with van der Waals surface area (Å²) in [4.78, 5) is 23.0. The molecule has 20 heavy (non-hydrogen) atoms. The van der Waals surface area contributed by atoms with Gasteiger partial charge in [0.15, 0.2) is 0 Å². The van der Waals surface area contributed by atoms with Crippen molar-refractivity contribution >= 4 is 16.9 Å². The van der Waals surface area contributed by atoms with Crippen LogP contribution < -0.4 is 0 Å². The predicted molar refractivity (Wildman–Crippen MR) is 80.5 cm³/mol. The van der Waals surface area contributed by atoms with E-state index in [0.29, 0.717) is 11.5 Å². The van der Waals surface area contributed by atoms with Crippen LogP contribution in [0.3, 0.4) is 0 Å². The molecule has 0 N–H and O–H groups in total. The Kier molecular flexibility index (Phi) is 4.32. The molecule has 1 aromatic heterocycles. The Balaban J connectivity index is 2.33. The summed E-state index contributed by atoms with van der Waals surface area (Å²) in [6.45, 7) is 9.08. The summed E-state index contributed by atoms with van der Waals surface area (Å²) >= 11 is 0. The standard InChI is InChI=1S/C16H21N3O/c1-11(2)10-19(12(3)4)16(20)13-5-6-14-15(9-13)18-8-7-17-14/h5-9,11-12H,10H2,1-4H3. The normalized spacial score (nSPS) is 11.3. The molecule has 1 amide bonds. The molecule has 4 heteroatoms. The third-order valence-electron chi connectivity index (χ3n) is 3.16. The highest BCUT2D eigenvalue weighted by Gasteiger charge is 2.20. The van der Waals surface area contributed by atoms with Gasteiger partial charge in [0.2, 0.25) is 0 Å². The maximum absolute atomic E-state index is 12.6. The van der Waals surface area contributed by atoms with E-state index in [4.69, 9.17) is 0 Å². The van der Waals surface area contributed by atoms with E-state index in [9.17, 15) is 4.79 Å². The number of fused-ring (bicyclic) bond motifs is 1. The van der Waals surface area contributed by atoms with E-state index in [1.54, 1.807) is 12.4 Å². The van der Waals surface area contributed by atoms with Crippen molar-refractivity contribution in [2.75, 3.05) is 6.54 Å². The summed E-state index contributed by atoms with van der Waals surface area (Å²) < 4.78 is 0. The fourth-order valence-corrected chi connectivity index (χ4v) is 2.18. The van der Waals surface area contributed by atoms with Crippen molar-refractivity contribution < 1.29 is 4.79 Å². The van der Waals surface area contributed by atoms with E-state index in [2.05, 4.69) is 23.8 Å². The van der Waals surface area contributed by atoms with Crippen molar-refractivity contribution in [1.82, 2.24) is 14.9 Å². The molecular formula is C16H21N3O. The molecule has 0 aliphatic heterocycles. The van der Waals surface area contributed by atoms with Gasteiger partial charge in [-0.15, -0.1) is 0 Å². The number of carbonyl (C=O) groups excluding carboxylic acids is 1. The fraction of sp³-hybridized carbons (Fsp3) is 0.438. The first kappa shape index (κ1) is 14.4. The van der Waals surface area contributed by atoms with Gasteiger partial charge in [0.05, 0.1) is 11.0 Å². The molecule has 0 saturated carbocycles. The van der Waals surface area contributed by atoms with Crippen molar-refractivity contribution in [2.24, 2.45) is 5.92 Å². The molecule has 0 aliphatic rings. The minimum absolute atomic E-state index is 0.0567. The molecular weight excluding hydrogens is 250 g/mol. The molecule has 0 saturated heterocycles. The van der Waals surface area contributed by atoms with Crippen molar-refractivity contribution in [3.8, 4) is 0 Å². The monoisotopic (exact) mass is 271 g/mol. The van der Waals surface area contributed by atoms with Gasteiger partial charge < -0.3 is 4.90 Å². The highest BCUT2D eigenvalue weighted by molar-refractivity contribution is 5.97. The molecule has 0 aliphatic carbocycles. The summed E-state index contributed by atoms with van der Waals surface area (Å²) in [6, 6.07) is 5.68. The van der Waals surface area contributed by atoms with Gasteiger partial charge in [0, 0.05) is 30.5 Å². The van der Waals surface area contributed by atoms with Crippen LogP contribution in [0, 0.1) is 5.92 Å². The third kappa shape index (κ3) is 3.13. The molecule has 0 unspecified atom stereocenters. The largest absolute Gasteiger partial charge is 0.336 e. The lowest BCUT2D eigenvalue weighted by molar-refractivity contribution is 0.0682. The predicted octanol–water partition coefficient (Wildman–Crippen LogP) is 3.14. The molecule has 2 rings (SSSR count). The SMILES string of the molecule is CC(C)CN(C(=O)c1ccc2nccnc2c1)C(C)C. The molecule has 1 aromatic carbocycles. The number of hydrogen-bond acceptors (Lipinski definition) is 3. The van der Waals surface area contributed by atoms with E-state index in [-0.39, 0.29) is 11.9 Å². The Hall–Kier alpha value is -1.97. The number of hydrogen-bond donors (Lipinski definition) is 0. The second-order valence-electron chi connectivity index (χ2n) is 5.70. The number of aromatic nitrogens is 2. The summed E-state index contributed by atoms with van der Waals surface area (Å²) in [7, 11) is 0. The maximum Gasteiger partial charge on any atom is 0.254 e. The van der Waals surface area contributed by atoms with Crippen molar-refractivity contribution in [2.45, 2.75) is 33.7 Å². The Bertz CT molecular complexity index is 607. The number of amides is 1. The van der Waals surface area contributed by atoms with Crippen LogP contribution in [0.2, 0.25) is 0 Å². The van der Waals surface area contributed by atoms with E-state index in [1.807, 2.05) is 36.9 Å². The van der Waals surface area contributed by atoms with Gasteiger partial charge in [-0.25, -0.2) is 0 Å². The molecule has 0 radical (unpaired) electrons. The Morgan fingerprint density at radius 1 is 1.10 bits per heavy atom. The highest BCUT2D eigenvalue weighted by Crippen LogP contribution is 2.15. The van der Waals surface area contributed by atoms with E-state index < -0.39 is 0 Å². The third-order valence-corrected chi connectivity index (χ3v) is 3.16. The van der Waals surface area contributed by atoms with Crippen LogP contribution >= 0.6 is 0 Å². The molecule has 0 spiro atoms. The fourth-order valence-electron chi connectivity index (χ4n) is 2.18. The van der Waals surface area contributed by atoms with Crippen molar-refractivity contribution in [3.63, 3.8) is 0 Å². The van der Waals surface area contributed by atoms with Gasteiger partial charge in [0.1, 0.15) is 0 Å². The Morgan fingerprint density at radius 2 is 1.75 bits per heavy atom. The van der Waals surface area contributed by atoms with Crippen molar-refractivity contribution in [3.05, 3.63) is 36.2 Å². The highest BCUT2D eigenvalue weighted by atomic mass is 16.2. The second-order valence-corrected chi connectivity index (χ2v) is 5.70. The molecule has 0 bridgehead atoms. The first-order valence-corrected chi connectivity index (χ1v) is 7.00. The van der Waals surface area contributed by atoms with E-state index >= 15 is 0 Å². The minimum atomic E-state index is 0.0567. The van der Waals surface area contributed by atoms with Crippen molar-refractivity contribution in [1.29, 1.82) is 0 Å². The number of carbonyl (C=O) groups is 1. The summed E-state index contributed by atoms with van der Waals surface area (Å²) in [6.07, 6.45) is 3.30. The number of nitrogens with zero attached hydrogens (tertiary/aromatic N) is 3. The maximum atomic E-state index is 12.6. The van der Waals surface area contributed by atoms with Crippen LogP contribution in [-0.2, 0) is 0 Å². The molecule has 0 fully saturated rings. The quantitative estimate of drug-likeness (QED) is 0.858. The minimum Gasteiger partial charge on any atom is -0.336 e. The molecule has 4 nitrogen and oxygen atoms in total. The van der Waals surface area contributed by atoms with Gasteiger partial charge in [-0.2, -0.15) is 0 Å². The summed E-state index contributed by atoms with van der Waals surface area (Å²) in [5, 5.41) is 0. The topological polar surface area (TPSA) is 46.1 Å². The second kappa shape index (κ2) is 5.99. The van der Waals surface area contributed by atoms with E-state index in [0.717, 1.165) is 17.6 Å². The Labute approximate surface area is 119 Å². The lowest BCUT2D eigenvalue weighted by atomic mass is 10.1. The lowest BCUT2D eigenvalue weighted by Gasteiger charge is -2.28. The van der Waals surface area contributed by atoms with Gasteiger partial charge >= 0.3 is 0 Å². The zero-order valence-corrected chi connectivity index (χ0v) is 12.5. The number of benzene rings is 1. The zero-order valence-electron chi connectivity index (χ0n) is 12.5.